The molecule has 0 spiro atoms. The first-order chi connectivity index (χ1) is 9.43. The van der Waals surface area contributed by atoms with Crippen molar-refractivity contribution in [2.24, 2.45) is 14.1 Å². The van der Waals surface area contributed by atoms with Crippen LogP contribution in [0, 0.1) is 13.8 Å². The Labute approximate surface area is 119 Å². The second-order valence-corrected chi connectivity index (χ2v) is 3.95. The van der Waals surface area contributed by atoms with Gasteiger partial charge in [-0.3, -0.25) is 18.9 Å². The van der Waals surface area contributed by atoms with Crippen molar-refractivity contribution >= 4 is 10.9 Å². The first-order valence-corrected chi connectivity index (χ1v) is 6.97. The summed E-state index contributed by atoms with van der Waals surface area (Å²) in [5.74, 6) is 0. The van der Waals surface area contributed by atoms with E-state index in [0.29, 0.717) is 16.6 Å². The van der Waals surface area contributed by atoms with Gasteiger partial charge in [-0.2, -0.15) is 0 Å². The Morgan fingerprint density at radius 3 is 1.95 bits per heavy atom. The molecule has 0 saturated heterocycles. The molecule has 5 heteroatoms. The highest BCUT2D eigenvalue weighted by Crippen LogP contribution is 2.11. The summed E-state index contributed by atoms with van der Waals surface area (Å²) in [7, 11) is 3.13. The van der Waals surface area contributed by atoms with Gasteiger partial charge in [0.05, 0.1) is 16.6 Å². The highest BCUT2D eigenvalue weighted by Gasteiger charge is 2.11. The lowest BCUT2D eigenvalue weighted by Gasteiger charge is -2.09. The summed E-state index contributed by atoms with van der Waals surface area (Å²) in [4.78, 5) is 27.9. The predicted molar refractivity (Wildman–Crippen MR) is 84.4 cm³/mol. The molecule has 0 aliphatic carbocycles. The number of rotatable bonds is 0. The zero-order valence-electron chi connectivity index (χ0n) is 13.7. The van der Waals surface area contributed by atoms with Crippen LogP contribution in [0.15, 0.2) is 15.7 Å². The highest BCUT2D eigenvalue weighted by atomic mass is 16.2. The van der Waals surface area contributed by atoms with E-state index < -0.39 is 0 Å². The number of aromatic nitrogens is 3. The summed E-state index contributed by atoms with van der Waals surface area (Å²) in [6.45, 7) is 11.6. The van der Waals surface area contributed by atoms with Gasteiger partial charge in [-0.05, 0) is 19.9 Å². The van der Waals surface area contributed by atoms with Crippen molar-refractivity contribution in [1.29, 1.82) is 0 Å². The van der Waals surface area contributed by atoms with Gasteiger partial charge in [0.25, 0.3) is 5.56 Å². The van der Waals surface area contributed by atoms with Crippen molar-refractivity contribution in [2.75, 3.05) is 0 Å². The third-order valence-electron chi connectivity index (χ3n) is 2.76. The number of hydrogen-bond donors (Lipinski definition) is 0. The predicted octanol–water partition coefficient (Wildman–Crippen LogP) is 2.30. The van der Waals surface area contributed by atoms with Crippen LogP contribution in [-0.4, -0.2) is 14.1 Å². The van der Waals surface area contributed by atoms with Gasteiger partial charge in [0.2, 0.25) is 0 Å². The largest absolute Gasteiger partial charge is 0.330 e. The summed E-state index contributed by atoms with van der Waals surface area (Å²) in [6, 6.07) is 1.76. The summed E-state index contributed by atoms with van der Waals surface area (Å²) < 4.78 is 2.57. The van der Waals surface area contributed by atoms with Crippen LogP contribution in [0.1, 0.15) is 39.1 Å². The molecule has 0 amide bonds. The first-order valence-electron chi connectivity index (χ1n) is 6.97. The van der Waals surface area contributed by atoms with Crippen molar-refractivity contribution in [3.63, 3.8) is 0 Å². The van der Waals surface area contributed by atoms with Gasteiger partial charge in [0.15, 0.2) is 0 Å². The number of aryl methyl sites for hydroxylation is 3. The fourth-order valence-electron chi connectivity index (χ4n) is 1.92. The van der Waals surface area contributed by atoms with Crippen LogP contribution in [0.25, 0.3) is 10.9 Å². The van der Waals surface area contributed by atoms with Crippen LogP contribution < -0.4 is 11.2 Å². The molecule has 0 aliphatic heterocycles. The number of fused-ring (bicyclic) bond motifs is 1. The lowest BCUT2D eigenvalue weighted by molar-refractivity contribution is 0.711. The van der Waals surface area contributed by atoms with Gasteiger partial charge >= 0.3 is 5.69 Å². The summed E-state index contributed by atoms with van der Waals surface area (Å²) in [6.07, 6.45) is 0. The standard InChI is InChI=1S/C11H13N3O2.2C2H6/c1-6-5-8-9(7(2)12-6)10(15)14(4)11(16)13(8)3;2*1-2/h5H,1-4H3;2*1-2H3. The zero-order valence-corrected chi connectivity index (χ0v) is 13.7. The molecule has 0 unspecified atom stereocenters. The number of pyridine rings is 1. The van der Waals surface area contributed by atoms with E-state index in [4.69, 9.17) is 0 Å². The van der Waals surface area contributed by atoms with Crippen LogP contribution >= 0.6 is 0 Å². The average Bonchev–Trinajstić information content (AvgIpc) is 2.46. The Morgan fingerprint density at radius 2 is 1.45 bits per heavy atom. The van der Waals surface area contributed by atoms with Crippen molar-refractivity contribution in [3.05, 3.63) is 38.3 Å². The Kier molecular flexibility index (Phi) is 6.90. The van der Waals surface area contributed by atoms with E-state index in [2.05, 4.69) is 4.98 Å². The van der Waals surface area contributed by atoms with Gasteiger partial charge in [0.1, 0.15) is 0 Å². The molecule has 0 fully saturated rings. The average molecular weight is 279 g/mol. The maximum absolute atomic E-state index is 11.9. The summed E-state index contributed by atoms with van der Waals surface area (Å²) in [5.41, 5.74) is 1.49. The van der Waals surface area contributed by atoms with Gasteiger partial charge in [0, 0.05) is 19.8 Å². The van der Waals surface area contributed by atoms with Gasteiger partial charge < -0.3 is 0 Å². The van der Waals surface area contributed by atoms with Crippen LogP contribution in [0.3, 0.4) is 0 Å². The molecule has 0 bridgehead atoms. The van der Waals surface area contributed by atoms with Crippen LogP contribution in [0.2, 0.25) is 0 Å². The molecule has 0 aliphatic rings. The van der Waals surface area contributed by atoms with Crippen molar-refractivity contribution in [2.45, 2.75) is 41.5 Å². The molecule has 5 nitrogen and oxygen atoms in total. The highest BCUT2D eigenvalue weighted by molar-refractivity contribution is 5.80. The van der Waals surface area contributed by atoms with E-state index in [-0.39, 0.29) is 11.2 Å². The third-order valence-corrected chi connectivity index (χ3v) is 2.76. The Balaban J connectivity index is 0.000000829. The van der Waals surface area contributed by atoms with E-state index in [1.165, 1.54) is 11.6 Å². The normalized spacial score (nSPS) is 9.40. The fraction of sp³-hybridized carbons (Fsp3) is 0.533. The lowest BCUT2D eigenvalue weighted by Crippen LogP contribution is -2.37. The molecule has 0 N–H and O–H groups in total. The summed E-state index contributed by atoms with van der Waals surface area (Å²) in [5, 5.41) is 0.509. The molecule has 2 heterocycles. The van der Waals surface area contributed by atoms with Crippen LogP contribution in [-0.2, 0) is 14.1 Å². The Bertz CT molecular complexity index is 697. The lowest BCUT2D eigenvalue weighted by atomic mass is 10.2. The second-order valence-electron chi connectivity index (χ2n) is 3.95. The molecular weight excluding hydrogens is 254 g/mol. The Hall–Kier alpha value is -1.91. The summed E-state index contributed by atoms with van der Waals surface area (Å²) >= 11 is 0. The minimum Gasteiger partial charge on any atom is -0.296 e. The van der Waals surface area contributed by atoms with Crippen molar-refractivity contribution < 1.29 is 0 Å². The zero-order chi connectivity index (χ0) is 16.0. The maximum atomic E-state index is 11.9. The molecule has 112 valence electrons. The van der Waals surface area contributed by atoms with Crippen LogP contribution in [0.5, 0.6) is 0 Å². The SMILES string of the molecule is CC.CC.Cc1cc2c(c(C)n1)c(=O)n(C)c(=O)n2C. The minimum absolute atomic E-state index is 0.289. The van der Waals surface area contributed by atoms with E-state index in [1.807, 2.05) is 34.6 Å². The first kappa shape index (κ1) is 18.1. The smallest absolute Gasteiger partial charge is 0.296 e. The Morgan fingerprint density at radius 1 is 0.950 bits per heavy atom. The van der Waals surface area contributed by atoms with E-state index >= 15 is 0 Å². The molecule has 2 aromatic rings. The molecule has 0 saturated carbocycles. The van der Waals surface area contributed by atoms with Crippen LogP contribution in [0.4, 0.5) is 0 Å². The van der Waals surface area contributed by atoms with Gasteiger partial charge in [-0.15, -0.1) is 0 Å². The van der Waals surface area contributed by atoms with E-state index in [9.17, 15) is 9.59 Å². The second kappa shape index (κ2) is 7.62. The molecule has 0 aromatic carbocycles. The van der Waals surface area contributed by atoms with E-state index in [1.54, 1.807) is 20.0 Å². The van der Waals surface area contributed by atoms with Gasteiger partial charge in [-0.25, -0.2) is 4.79 Å². The quantitative estimate of drug-likeness (QED) is 0.743. The van der Waals surface area contributed by atoms with Gasteiger partial charge in [-0.1, -0.05) is 27.7 Å². The third kappa shape index (κ3) is 3.15. The van der Waals surface area contributed by atoms with E-state index in [0.717, 1.165) is 10.3 Å². The van der Waals surface area contributed by atoms with Crippen molar-refractivity contribution in [3.8, 4) is 0 Å². The molecule has 0 radical (unpaired) electrons. The fourth-order valence-corrected chi connectivity index (χ4v) is 1.92. The molecule has 0 atom stereocenters. The minimum atomic E-state index is -0.317. The topological polar surface area (TPSA) is 56.9 Å². The molecule has 2 aromatic heterocycles. The number of nitrogens with zero attached hydrogens (tertiary/aromatic N) is 3. The maximum Gasteiger partial charge on any atom is 0.330 e. The molecular formula is C15H25N3O2. The number of hydrogen-bond acceptors (Lipinski definition) is 3. The molecule has 20 heavy (non-hydrogen) atoms. The monoisotopic (exact) mass is 279 g/mol. The van der Waals surface area contributed by atoms with Crippen molar-refractivity contribution in [1.82, 2.24) is 14.1 Å². The molecule has 2 rings (SSSR count).